The molecular formula is C22H23N3O. The number of amides is 1. The largest absolute Gasteiger partial charge is 0.381 e. The van der Waals surface area contributed by atoms with E-state index in [1.165, 1.54) is 5.56 Å². The molecule has 4 nitrogen and oxygen atoms in total. The molecule has 1 amide bonds. The van der Waals surface area contributed by atoms with E-state index >= 15 is 0 Å². The third kappa shape index (κ3) is 4.48. The Bertz CT molecular complexity index is 888. The van der Waals surface area contributed by atoms with Gasteiger partial charge in [-0.05, 0) is 54.8 Å². The molecule has 1 aromatic heterocycles. The van der Waals surface area contributed by atoms with Crippen LogP contribution in [-0.2, 0) is 13.1 Å². The number of nitrogens with one attached hydrogen (secondary N) is 2. The Morgan fingerprint density at radius 2 is 1.62 bits per heavy atom. The SMILES string of the molecule is Cc1ccccc1NCc1ccc(C(=O)NCc2ncccc2C)cc1. The molecule has 2 aromatic carbocycles. The summed E-state index contributed by atoms with van der Waals surface area (Å²) in [7, 11) is 0. The zero-order valence-electron chi connectivity index (χ0n) is 15.1. The molecule has 0 fully saturated rings. The van der Waals surface area contributed by atoms with Crippen LogP contribution in [0.4, 0.5) is 5.69 Å². The molecule has 0 aliphatic carbocycles. The van der Waals surface area contributed by atoms with Gasteiger partial charge in [-0.3, -0.25) is 9.78 Å². The highest BCUT2D eigenvalue weighted by Gasteiger charge is 2.07. The normalized spacial score (nSPS) is 10.4. The molecule has 0 bridgehead atoms. The molecule has 0 aliphatic rings. The van der Waals surface area contributed by atoms with Crippen LogP contribution in [0.2, 0.25) is 0 Å². The van der Waals surface area contributed by atoms with Crippen molar-refractivity contribution < 1.29 is 4.79 Å². The topological polar surface area (TPSA) is 54.0 Å². The zero-order chi connectivity index (χ0) is 18.4. The van der Waals surface area contributed by atoms with Crippen molar-refractivity contribution in [3.8, 4) is 0 Å². The lowest BCUT2D eigenvalue weighted by Crippen LogP contribution is -2.23. The number of hydrogen-bond donors (Lipinski definition) is 2. The van der Waals surface area contributed by atoms with E-state index < -0.39 is 0 Å². The number of nitrogens with zero attached hydrogens (tertiary/aromatic N) is 1. The summed E-state index contributed by atoms with van der Waals surface area (Å²) in [5.41, 5.74) is 6.09. The van der Waals surface area contributed by atoms with E-state index in [0.717, 1.165) is 29.1 Å². The average Bonchev–Trinajstić information content (AvgIpc) is 2.67. The van der Waals surface area contributed by atoms with Gasteiger partial charge in [0, 0.05) is 24.0 Å². The summed E-state index contributed by atoms with van der Waals surface area (Å²) in [6.45, 7) is 5.23. The molecule has 0 unspecified atom stereocenters. The maximum Gasteiger partial charge on any atom is 0.251 e. The fraction of sp³-hybridized carbons (Fsp3) is 0.182. The van der Waals surface area contributed by atoms with Gasteiger partial charge in [0.25, 0.3) is 5.91 Å². The predicted octanol–water partition coefficient (Wildman–Crippen LogP) is 4.24. The molecule has 0 saturated carbocycles. The van der Waals surface area contributed by atoms with Crippen LogP contribution < -0.4 is 10.6 Å². The number of anilines is 1. The van der Waals surface area contributed by atoms with Gasteiger partial charge in [0.15, 0.2) is 0 Å². The molecule has 3 rings (SSSR count). The first-order valence-electron chi connectivity index (χ1n) is 8.70. The number of aryl methyl sites for hydroxylation is 2. The number of rotatable bonds is 6. The molecule has 1 heterocycles. The van der Waals surface area contributed by atoms with Crippen LogP contribution in [-0.4, -0.2) is 10.9 Å². The number of carbonyl (C=O) groups is 1. The minimum Gasteiger partial charge on any atom is -0.381 e. The van der Waals surface area contributed by atoms with E-state index in [9.17, 15) is 4.79 Å². The third-order valence-corrected chi connectivity index (χ3v) is 4.38. The van der Waals surface area contributed by atoms with Crippen LogP contribution in [0, 0.1) is 13.8 Å². The van der Waals surface area contributed by atoms with Gasteiger partial charge in [0.05, 0.1) is 12.2 Å². The highest BCUT2D eigenvalue weighted by molar-refractivity contribution is 5.94. The fourth-order valence-electron chi connectivity index (χ4n) is 2.71. The van der Waals surface area contributed by atoms with Crippen LogP contribution in [0.5, 0.6) is 0 Å². The number of carbonyl (C=O) groups excluding carboxylic acids is 1. The van der Waals surface area contributed by atoms with Crippen molar-refractivity contribution in [3.63, 3.8) is 0 Å². The minimum absolute atomic E-state index is 0.0894. The molecule has 0 atom stereocenters. The summed E-state index contributed by atoms with van der Waals surface area (Å²) in [4.78, 5) is 16.6. The quantitative estimate of drug-likeness (QED) is 0.702. The molecular weight excluding hydrogens is 322 g/mol. The number of para-hydroxylation sites is 1. The van der Waals surface area contributed by atoms with Crippen LogP contribution in [0.3, 0.4) is 0 Å². The standard InChI is InChI=1S/C22H23N3O/c1-16-6-3-4-8-20(16)24-14-18-9-11-19(12-10-18)22(26)25-15-21-17(2)7-5-13-23-21/h3-13,24H,14-15H2,1-2H3,(H,25,26). The molecule has 2 N–H and O–H groups in total. The Labute approximate surface area is 154 Å². The first-order chi connectivity index (χ1) is 12.6. The zero-order valence-corrected chi connectivity index (χ0v) is 15.1. The molecule has 132 valence electrons. The molecule has 26 heavy (non-hydrogen) atoms. The molecule has 0 spiro atoms. The van der Waals surface area contributed by atoms with Crippen molar-refractivity contribution in [2.45, 2.75) is 26.9 Å². The molecule has 4 heteroatoms. The summed E-state index contributed by atoms with van der Waals surface area (Å²) in [6.07, 6.45) is 1.74. The van der Waals surface area contributed by atoms with Crippen LogP contribution in [0.15, 0.2) is 66.9 Å². The van der Waals surface area contributed by atoms with Crippen molar-refractivity contribution in [2.24, 2.45) is 0 Å². The van der Waals surface area contributed by atoms with Crippen molar-refractivity contribution in [2.75, 3.05) is 5.32 Å². The van der Waals surface area contributed by atoms with E-state index in [1.807, 2.05) is 55.5 Å². The second-order valence-corrected chi connectivity index (χ2v) is 6.32. The van der Waals surface area contributed by atoms with Crippen LogP contribution in [0.1, 0.15) is 32.7 Å². The number of benzene rings is 2. The van der Waals surface area contributed by atoms with E-state index in [2.05, 4.69) is 34.7 Å². The minimum atomic E-state index is -0.0894. The van der Waals surface area contributed by atoms with Crippen molar-refractivity contribution in [1.82, 2.24) is 10.3 Å². The van der Waals surface area contributed by atoms with E-state index in [-0.39, 0.29) is 5.91 Å². The predicted molar refractivity (Wildman–Crippen MR) is 105 cm³/mol. The summed E-state index contributed by atoms with van der Waals surface area (Å²) in [5, 5.41) is 6.35. The molecule has 0 saturated heterocycles. The summed E-state index contributed by atoms with van der Waals surface area (Å²) < 4.78 is 0. The lowest BCUT2D eigenvalue weighted by Gasteiger charge is -2.10. The van der Waals surface area contributed by atoms with Crippen LogP contribution in [0.25, 0.3) is 0 Å². The first-order valence-corrected chi connectivity index (χ1v) is 8.70. The lowest BCUT2D eigenvalue weighted by molar-refractivity contribution is 0.0950. The van der Waals surface area contributed by atoms with E-state index in [1.54, 1.807) is 6.20 Å². The monoisotopic (exact) mass is 345 g/mol. The maximum atomic E-state index is 12.3. The molecule has 0 aliphatic heterocycles. The van der Waals surface area contributed by atoms with Gasteiger partial charge in [-0.1, -0.05) is 36.4 Å². The van der Waals surface area contributed by atoms with Crippen molar-refractivity contribution in [1.29, 1.82) is 0 Å². The van der Waals surface area contributed by atoms with Gasteiger partial charge >= 0.3 is 0 Å². The summed E-state index contributed by atoms with van der Waals surface area (Å²) >= 11 is 0. The van der Waals surface area contributed by atoms with Crippen LogP contribution >= 0.6 is 0 Å². The Hall–Kier alpha value is -3.14. The number of pyridine rings is 1. The second-order valence-electron chi connectivity index (χ2n) is 6.32. The number of aromatic nitrogens is 1. The summed E-state index contributed by atoms with van der Waals surface area (Å²) in [6, 6.07) is 19.8. The lowest BCUT2D eigenvalue weighted by atomic mass is 10.1. The molecule has 3 aromatic rings. The first kappa shape index (κ1) is 17.7. The smallest absolute Gasteiger partial charge is 0.251 e. The van der Waals surface area contributed by atoms with E-state index in [0.29, 0.717) is 12.1 Å². The average molecular weight is 345 g/mol. The van der Waals surface area contributed by atoms with Crippen molar-refractivity contribution in [3.05, 3.63) is 94.8 Å². The van der Waals surface area contributed by atoms with Gasteiger partial charge in [-0.15, -0.1) is 0 Å². The van der Waals surface area contributed by atoms with E-state index in [4.69, 9.17) is 0 Å². The Morgan fingerprint density at radius 1 is 0.885 bits per heavy atom. The highest BCUT2D eigenvalue weighted by Crippen LogP contribution is 2.15. The maximum absolute atomic E-state index is 12.3. The Kier molecular flexibility index (Phi) is 5.64. The Balaban J connectivity index is 1.56. The molecule has 0 radical (unpaired) electrons. The van der Waals surface area contributed by atoms with Gasteiger partial charge in [-0.25, -0.2) is 0 Å². The van der Waals surface area contributed by atoms with Gasteiger partial charge in [-0.2, -0.15) is 0 Å². The van der Waals surface area contributed by atoms with Gasteiger partial charge in [0.2, 0.25) is 0 Å². The highest BCUT2D eigenvalue weighted by atomic mass is 16.1. The number of hydrogen-bond acceptors (Lipinski definition) is 3. The van der Waals surface area contributed by atoms with Crippen molar-refractivity contribution >= 4 is 11.6 Å². The second kappa shape index (κ2) is 8.30. The van der Waals surface area contributed by atoms with Gasteiger partial charge < -0.3 is 10.6 Å². The fourth-order valence-corrected chi connectivity index (χ4v) is 2.71. The third-order valence-electron chi connectivity index (χ3n) is 4.38. The van der Waals surface area contributed by atoms with Gasteiger partial charge in [0.1, 0.15) is 0 Å². The summed E-state index contributed by atoms with van der Waals surface area (Å²) in [5.74, 6) is -0.0894. The Morgan fingerprint density at radius 3 is 2.35 bits per heavy atom.